The van der Waals surface area contributed by atoms with Crippen molar-refractivity contribution in [3.05, 3.63) is 59.2 Å². The van der Waals surface area contributed by atoms with E-state index in [-0.39, 0.29) is 5.92 Å². The number of nitrogens with one attached hydrogen (secondary N) is 1. The molecule has 0 spiro atoms. The van der Waals surface area contributed by atoms with E-state index in [4.69, 9.17) is 0 Å². The van der Waals surface area contributed by atoms with E-state index in [1.165, 1.54) is 0 Å². The number of halogens is 2. The molecule has 1 N–H and O–H groups in total. The third kappa shape index (κ3) is 4.82. The standard InChI is InChI=1S/C19H22F2N2O3S/c1-12(2)14-8-5-7-13(3)18(14)22-17(24)11-23(27(4,25)26)19-15(20)9-6-10-16(19)21/h5-10,12H,11H2,1-4H3,(H,22,24). The van der Waals surface area contributed by atoms with Gasteiger partial charge in [-0.2, -0.15) is 0 Å². The molecular weight excluding hydrogens is 374 g/mol. The lowest BCUT2D eigenvalue weighted by atomic mass is 9.98. The molecule has 5 nitrogen and oxygen atoms in total. The molecule has 0 heterocycles. The van der Waals surface area contributed by atoms with Gasteiger partial charge < -0.3 is 5.32 Å². The van der Waals surface area contributed by atoms with Crippen LogP contribution in [0.5, 0.6) is 0 Å². The molecule has 8 heteroatoms. The van der Waals surface area contributed by atoms with Crippen LogP contribution in [0.15, 0.2) is 36.4 Å². The van der Waals surface area contributed by atoms with Crippen molar-refractivity contribution in [1.29, 1.82) is 0 Å². The maximum Gasteiger partial charge on any atom is 0.245 e. The Kier molecular flexibility index (Phi) is 6.20. The first-order valence-corrected chi connectivity index (χ1v) is 10.2. The minimum atomic E-state index is -4.09. The van der Waals surface area contributed by atoms with Crippen LogP contribution in [0.4, 0.5) is 20.2 Å². The summed E-state index contributed by atoms with van der Waals surface area (Å²) in [6, 6.07) is 8.53. The third-order valence-corrected chi connectivity index (χ3v) is 5.18. The van der Waals surface area contributed by atoms with Gasteiger partial charge in [-0.1, -0.05) is 38.1 Å². The number of amides is 1. The number of nitrogens with zero attached hydrogens (tertiary/aromatic N) is 1. The van der Waals surface area contributed by atoms with Crippen LogP contribution in [-0.4, -0.2) is 27.1 Å². The van der Waals surface area contributed by atoms with Gasteiger partial charge in [0.2, 0.25) is 15.9 Å². The van der Waals surface area contributed by atoms with Crippen molar-refractivity contribution in [3.63, 3.8) is 0 Å². The van der Waals surface area contributed by atoms with Gasteiger partial charge in [0.15, 0.2) is 11.6 Å². The Morgan fingerprint density at radius 2 is 1.67 bits per heavy atom. The summed E-state index contributed by atoms with van der Waals surface area (Å²) in [5.41, 5.74) is 1.48. The van der Waals surface area contributed by atoms with Gasteiger partial charge >= 0.3 is 0 Å². The highest BCUT2D eigenvalue weighted by atomic mass is 32.2. The number of benzene rings is 2. The molecule has 27 heavy (non-hydrogen) atoms. The molecule has 146 valence electrons. The zero-order valence-corrected chi connectivity index (χ0v) is 16.4. The van der Waals surface area contributed by atoms with E-state index in [2.05, 4.69) is 5.32 Å². The van der Waals surface area contributed by atoms with Crippen LogP contribution in [0.1, 0.15) is 30.9 Å². The number of para-hydroxylation sites is 2. The summed E-state index contributed by atoms with van der Waals surface area (Å²) in [5.74, 6) is -2.70. The lowest BCUT2D eigenvalue weighted by Crippen LogP contribution is -2.38. The molecule has 2 rings (SSSR count). The third-order valence-electron chi connectivity index (χ3n) is 4.07. The molecule has 2 aromatic rings. The molecule has 0 bridgehead atoms. The summed E-state index contributed by atoms with van der Waals surface area (Å²) in [6.07, 6.45) is 0.791. The first kappa shape index (κ1) is 20.8. The minimum absolute atomic E-state index is 0.121. The molecule has 2 aromatic carbocycles. The predicted molar refractivity (Wildman–Crippen MR) is 102 cm³/mol. The summed E-state index contributed by atoms with van der Waals surface area (Å²) in [4.78, 5) is 12.5. The first-order valence-electron chi connectivity index (χ1n) is 8.33. The number of aryl methyl sites for hydroxylation is 1. The zero-order valence-electron chi connectivity index (χ0n) is 15.6. The molecule has 0 aliphatic carbocycles. The van der Waals surface area contributed by atoms with Crippen LogP contribution in [0, 0.1) is 18.6 Å². The van der Waals surface area contributed by atoms with Crippen LogP contribution in [0.2, 0.25) is 0 Å². The Morgan fingerprint density at radius 3 is 2.19 bits per heavy atom. The second-order valence-corrected chi connectivity index (χ2v) is 8.49. The molecule has 0 unspecified atom stereocenters. The van der Waals surface area contributed by atoms with Crippen LogP contribution >= 0.6 is 0 Å². The lowest BCUT2D eigenvalue weighted by molar-refractivity contribution is -0.114. The Hall–Kier alpha value is -2.48. The van der Waals surface area contributed by atoms with Crippen molar-refractivity contribution in [1.82, 2.24) is 0 Å². The van der Waals surface area contributed by atoms with Crippen molar-refractivity contribution >= 4 is 27.3 Å². The van der Waals surface area contributed by atoms with Crippen LogP contribution in [0.25, 0.3) is 0 Å². The summed E-state index contributed by atoms with van der Waals surface area (Å²) in [5, 5.41) is 2.68. The lowest BCUT2D eigenvalue weighted by Gasteiger charge is -2.23. The van der Waals surface area contributed by atoms with Crippen molar-refractivity contribution in [3.8, 4) is 0 Å². The Balaban J connectivity index is 2.37. The van der Waals surface area contributed by atoms with Crippen molar-refractivity contribution in [2.24, 2.45) is 0 Å². The van der Waals surface area contributed by atoms with Gasteiger partial charge in [0, 0.05) is 5.69 Å². The Labute approximate surface area is 158 Å². The Morgan fingerprint density at radius 1 is 1.11 bits per heavy atom. The van der Waals surface area contributed by atoms with Gasteiger partial charge in [0.05, 0.1) is 6.26 Å². The van der Waals surface area contributed by atoms with Crippen molar-refractivity contribution in [2.75, 3.05) is 22.4 Å². The summed E-state index contributed by atoms with van der Waals surface area (Å²) in [7, 11) is -4.09. The monoisotopic (exact) mass is 396 g/mol. The average Bonchev–Trinajstić information content (AvgIpc) is 2.54. The van der Waals surface area contributed by atoms with Gasteiger partial charge in [-0.05, 0) is 36.1 Å². The quantitative estimate of drug-likeness (QED) is 0.808. The van der Waals surface area contributed by atoms with E-state index < -0.39 is 39.8 Å². The van der Waals surface area contributed by atoms with E-state index >= 15 is 0 Å². The molecule has 0 fully saturated rings. The van der Waals surface area contributed by atoms with Crippen molar-refractivity contribution in [2.45, 2.75) is 26.7 Å². The van der Waals surface area contributed by atoms with Gasteiger partial charge in [0.1, 0.15) is 12.2 Å². The molecule has 1 amide bonds. The molecular formula is C19H22F2N2O3S. The fraction of sp³-hybridized carbons (Fsp3) is 0.316. The number of sulfonamides is 1. The van der Waals surface area contributed by atoms with E-state index in [1.54, 1.807) is 0 Å². The highest BCUT2D eigenvalue weighted by Crippen LogP contribution is 2.28. The number of hydrogen-bond acceptors (Lipinski definition) is 3. The van der Waals surface area contributed by atoms with Crippen molar-refractivity contribution < 1.29 is 22.0 Å². The number of hydrogen-bond donors (Lipinski definition) is 1. The molecule has 0 aliphatic rings. The van der Waals surface area contributed by atoms with E-state index in [0.717, 1.165) is 35.6 Å². The maximum atomic E-state index is 14.1. The summed E-state index contributed by atoms with van der Waals surface area (Å²) >= 11 is 0. The van der Waals surface area contributed by atoms with E-state index in [1.807, 2.05) is 39.0 Å². The highest BCUT2D eigenvalue weighted by Gasteiger charge is 2.27. The van der Waals surface area contributed by atoms with Gasteiger partial charge in [0.25, 0.3) is 0 Å². The van der Waals surface area contributed by atoms with Crippen LogP contribution < -0.4 is 9.62 Å². The first-order chi connectivity index (χ1) is 12.5. The Bertz CT molecular complexity index is 939. The normalized spacial score (nSPS) is 11.5. The number of carbonyl (C=O) groups excluding carboxylic acids is 1. The molecule has 0 atom stereocenters. The SMILES string of the molecule is Cc1cccc(C(C)C)c1NC(=O)CN(c1c(F)cccc1F)S(C)(=O)=O. The second-order valence-electron chi connectivity index (χ2n) is 6.58. The average molecular weight is 396 g/mol. The summed E-state index contributed by atoms with van der Waals surface area (Å²) < 4.78 is 52.7. The molecule has 0 saturated carbocycles. The highest BCUT2D eigenvalue weighted by molar-refractivity contribution is 7.92. The molecule has 0 aliphatic heterocycles. The topological polar surface area (TPSA) is 66.5 Å². The zero-order chi connectivity index (χ0) is 20.4. The fourth-order valence-corrected chi connectivity index (χ4v) is 3.60. The maximum absolute atomic E-state index is 14.1. The largest absolute Gasteiger partial charge is 0.324 e. The second kappa shape index (κ2) is 8.04. The number of rotatable bonds is 6. The summed E-state index contributed by atoms with van der Waals surface area (Å²) in [6.45, 7) is 4.98. The van der Waals surface area contributed by atoms with Gasteiger partial charge in [-0.3, -0.25) is 9.10 Å². The van der Waals surface area contributed by atoms with Gasteiger partial charge in [-0.15, -0.1) is 0 Å². The number of carbonyl (C=O) groups is 1. The van der Waals surface area contributed by atoms with Crippen LogP contribution in [-0.2, 0) is 14.8 Å². The van der Waals surface area contributed by atoms with E-state index in [0.29, 0.717) is 9.99 Å². The molecule has 0 aromatic heterocycles. The fourth-order valence-electron chi connectivity index (χ4n) is 2.74. The molecule has 0 saturated heterocycles. The van der Waals surface area contributed by atoms with Gasteiger partial charge in [-0.25, -0.2) is 17.2 Å². The smallest absolute Gasteiger partial charge is 0.245 e. The molecule has 0 radical (unpaired) electrons. The minimum Gasteiger partial charge on any atom is -0.324 e. The number of anilines is 2. The van der Waals surface area contributed by atoms with E-state index in [9.17, 15) is 22.0 Å². The predicted octanol–water partition coefficient (Wildman–Crippen LogP) is 3.80. The van der Waals surface area contributed by atoms with Crippen LogP contribution in [0.3, 0.4) is 0 Å².